The summed E-state index contributed by atoms with van der Waals surface area (Å²) < 4.78 is 47.2. The average Bonchev–Trinajstić information content (AvgIpc) is 3.32. The summed E-state index contributed by atoms with van der Waals surface area (Å²) in [4.78, 5) is 41.5. The van der Waals surface area contributed by atoms with Crippen molar-refractivity contribution < 1.29 is 42.2 Å². The molecule has 1 aliphatic heterocycles. The molecular weight excluding hydrogens is 444 g/mol. The summed E-state index contributed by atoms with van der Waals surface area (Å²) in [6.45, 7) is 1.72. The molecule has 1 aliphatic rings. The Morgan fingerprint density at radius 3 is 2.44 bits per heavy atom. The first-order valence-corrected chi connectivity index (χ1v) is 8.75. The zero-order valence-electron chi connectivity index (χ0n) is 16.1. The van der Waals surface area contributed by atoms with Crippen LogP contribution in [0.15, 0.2) is 18.5 Å². The van der Waals surface area contributed by atoms with Gasteiger partial charge in [0, 0.05) is 0 Å². The molecule has 1 aromatic carbocycles. The molecule has 170 valence electrons. The third-order valence-corrected chi connectivity index (χ3v) is 4.56. The van der Waals surface area contributed by atoms with Gasteiger partial charge in [0.2, 0.25) is 0 Å². The van der Waals surface area contributed by atoms with Gasteiger partial charge in [-0.05, 0) is 19.1 Å². The molecule has 11 nitrogen and oxygen atoms in total. The molecule has 0 saturated carbocycles. The lowest BCUT2D eigenvalue weighted by molar-refractivity contribution is -0.192. The third kappa shape index (κ3) is 4.35. The number of amides is 1. The van der Waals surface area contributed by atoms with E-state index in [1.54, 1.807) is 11.5 Å². The molecule has 15 heteroatoms. The molecule has 0 spiro atoms. The number of aromatic amines is 1. The molecule has 3 aromatic rings. The summed E-state index contributed by atoms with van der Waals surface area (Å²) >= 11 is 0. The lowest BCUT2D eigenvalue weighted by Gasteiger charge is -2.33. The molecule has 2 aromatic heterocycles. The molecule has 3 heterocycles. The van der Waals surface area contributed by atoms with Gasteiger partial charge < -0.3 is 24.7 Å². The maximum absolute atomic E-state index is 13.8. The van der Waals surface area contributed by atoms with Gasteiger partial charge >= 0.3 is 18.1 Å². The van der Waals surface area contributed by atoms with Crippen LogP contribution in [0.1, 0.15) is 22.0 Å². The van der Waals surface area contributed by atoms with Crippen molar-refractivity contribution in [2.75, 3.05) is 0 Å². The van der Waals surface area contributed by atoms with Gasteiger partial charge in [0.05, 0.1) is 30.5 Å². The van der Waals surface area contributed by atoms with Crippen LogP contribution >= 0.6 is 0 Å². The third-order valence-electron chi connectivity index (χ3n) is 4.56. The lowest BCUT2D eigenvalue weighted by atomic mass is 10.1. The molecule has 0 radical (unpaired) electrons. The number of carbonyl (C=O) groups is 3. The highest BCUT2D eigenvalue weighted by molar-refractivity contribution is 6.06. The number of nitrogens with one attached hydrogen (secondary N) is 1. The Bertz CT molecular complexity index is 1200. The molecule has 1 atom stereocenters. The lowest BCUT2D eigenvalue weighted by Crippen LogP contribution is -2.50. The van der Waals surface area contributed by atoms with Crippen molar-refractivity contribution >= 4 is 28.9 Å². The number of rotatable bonds is 2. The van der Waals surface area contributed by atoms with Gasteiger partial charge in [-0.15, -0.1) is 10.2 Å². The molecule has 0 aliphatic carbocycles. The molecule has 1 amide bonds. The Labute approximate surface area is 175 Å². The van der Waals surface area contributed by atoms with Crippen molar-refractivity contribution in [3.8, 4) is 0 Å². The number of hydrogen-bond donors (Lipinski definition) is 3. The van der Waals surface area contributed by atoms with Crippen LogP contribution in [0, 0.1) is 12.7 Å². The van der Waals surface area contributed by atoms with Crippen molar-refractivity contribution in [1.29, 1.82) is 0 Å². The van der Waals surface area contributed by atoms with Gasteiger partial charge in [-0.3, -0.25) is 4.79 Å². The van der Waals surface area contributed by atoms with Gasteiger partial charge in [0.25, 0.3) is 5.91 Å². The van der Waals surface area contributed by atoms with E-state index in [0.717, 1.165) is 11.0 Å². The first-order valence-electron chi connectivity index (χ1n) is 8.75. The number of aromatic nitrogens is 5. The van der Waals surface area contributed by atoms with E-state index in [0.29, 0.717) is 22.7 Å². The van der Waals surface area contributed by atoms with Crippen LogP contribution in [0.3, 0.4) is 0 Å². The normalized spacial score (nSPS) is 15.7. The van der Waals surface area contributed by atoms with Crippen LogP contribution < -0.4 is 0 Å². The minimum atomic E-state index is -5.08. The second-order valence-corrected chi connectivity index (χ2v) is 6.62. The van der Waals surface area contributed by atoms with Crippen LogP contribution in [0.4, 0.5) is 17.6 Å². The van der Waals surface area contributed by atoms with Crippen LogP contribution in [-0.2, 0) is 22.7 Å². The molecule has 0 saturated heterocycles. The number of fused-ring (bicyclic) bond motifs is 2. The van der Waals surface area contributed by atoms with Gasteiger partial charge in [-0.2, -0.15) is 13.2 Å². The zero-order valence-corrected chi connectivity index (χ0v) is 16.1. The van der Waals surface area contributed by atoms with E-state index in [1.807, 2.05) is 0 Å². The first-order chi connectivity index (χ1) is 14.9. The van der Waals surface area contributed by atoms with Gasteiger partial charge in [-0.1, -0.05) is 0 Å². The van der Waals surface area contributed by atoms with Crippen molar-refractivity contribution in [1.82, 2.24) is 29.6 Å². The van der Waals surface area contributed by atoms with E-state index in [1.165, 1.54) is 12.4 Å². The Hall–Kier alpha value is -4.04. The minimum Gasteiger partial charge on any atom is -0.480 e. The van der Waals surface area contributed by atoms with Crippen LogP contribution in [0.5, 0.6) is 0 Å². The number of halogens is 4. The van der Waals surface area contributed by atoms with Gasteiger partial charge in [-0.25, -0.2) is 19.0 Å². The summed E-state index contributed by atoms with van der Waals surface area (Å²) in [5.74, 6) is -4.07. The Kier molecular flexibility index (Phi) is 5.83. The molecular formula is C17H14F4N6O5. The first kappa shape index (κ1) is 22.6. The highest BCUT2D eigenvalue weighted by atomic mass is 19.4. The Morgan fingerprint density at radius 2 is 1.84 bits per heavy atom. The van der Waals surface area contributed by atoms with Crippen LogP contribution in [0.25, 0.3) is 11.0 Å². The summed E-state index contributed by atoms with van der Waals surface area (Å²) in [5.41, 5.74) is 0.664. The fraction of sp³-hybridized carbons (Fsp3) is 0.294. The second-order valence-electron chi connectivity index (χ2n) is 6.62. The largest absolute Gasteiger partial charge is 0.490 e. The molecule has 4 rings (SSSR count). The summed E-state index contributed by atoms with van der Waals surface area (Å²) in [5, 5.41) is 24.6. The monoisotopic (exact) mass is 458 g/mol. The van der Waals surface area contributed by atoms with Gasteiger partial charge in [0.1, 0.15) is 23.2 Å². The number of carboxylic acids is 2. The highest BCUT2D eigenvalue weighted by Gasteiger charge is 2.38. The number of nitrogens with zero attached hydrogens (tertiary/aromatic N) is 5. The predicted octanol–water partition coefficient (Wildman–Crippen LogP) is 1.34. The fourth-order valence-corrected chi connectivity index (χ4v) is 3.07. The van der Waals surface area contributed by atoms with E-state index in [9.17, 15) is 32.3 Å². The number of carbonyl (C=O) groups excluding carboxylic acids is 1. The number of aryl methyl sites for hydroxylation is 1. The number of H-pyrrole nitrogens is 1. The maximum atomic E-state index is 13.8. The number of aliphatic carboxylic acids is 2. The number of benzene rings is 1. The molecule has 0 bridgehead atoms. The Morgan fingerprint density at radius 1 is 1.19 bits per heavy atom. The second kappa shape index (κ2) is 8.24. The smallest absolute Gasteiger partial charge is 0.480 e. The predicted molar refractivity (Wildman–Crippen MR) is 95.8 cm³/mol. The summed E-state index contributed by atoms with van der Waals surface area (Å²) in [6.07, 6.45) is -3.73. The standard InChI is InChI=1S/C15H13FN6O3.C2HF3O2/c1-7-19-20-12-5-22(11(15(24)25)4-21(7)12)14(23)9-2-8(16)3-10-13(9)18-6-17-10;3-2(4,5)1(6)7/h2-3,6,11H,4-5H2,1H3,(H,17,18)(H,24,25);(H,6,7). The Balaban J connectivity index is 0.000000360. The summed E-state index contributed by atoms with van der Waals surface area (Å²) in [6, 6.07) is 1.19. The average molecular weight is 458 g/mol. The topological polar surface area (TPSA) is 154 Å². The zero-order chi connectivity index (χ0) is 23.8. The van der Waals surface area contributed by atoms with Crippen molar-refractivity contribution in [3.63, 3.8) is 0 Å². The van der Waals surface area contributed by atoms with Crippen molar-refractivity contribution in [2.45, 2.75) is 32.2 Å². The molecule has 32 heavy (non-hydrogen) atoms. The number of hydrogen-bond acceptors (Lipinski definition) is 6. The van der Waals surface area contributed by atoms with E-state index in [4.69, 9.17) is 9.90 Å². The summed E-state index contributed by atoms with van der Waals surface area (Å²) in [7, 11) is 0. The van der Waals surface area contributed by atoms with Crippen molar-refractivity contribution in [3.05, 3.63) is 41.5 Å². The molecule has 1 unspecified atom stereocenters. The van der Waals surface area contributed by atoms with E-state index < -0.39 is 35.9 Å². The fourth-order valence-electron chi connectivity index (χ4n) is 3.07. The minimum absolute atomic E-state index is 0.00665. The number of alkyl halides is 3. The maximum Gasteiger partial charge on any atom is 0.490 e. The van der Waals surface area contributed by atoms with E-state index >= 15 is 0 Å². The van der Waals surface area contributed by atoms with Gasteiger partial charge in [0.15, 0.2) is 5.82 Å². The highest BCUT2D eigenvalue weighted by Crippen LogP contribution is 2.24. The molecule has 0 fully saturated rings. The molecule has 3 N–H and O–H groups in total. The van der Waals surface area contributed by atoms with Crippen LogP contribution in [-0.4, -0.2) is 69.9 Å². The van der Waals surface area contributed by atoms with Crippen LogP contribution in [0.2, 0.25) is 0 Å². The SMILES string of the molecule is Cc1nnc2n1CC(C(=O)O)N(C(=O)c1cc(F)cc3[nH]cnc13)C2.O=C(O)C(F)(F)F. The van der Waals surface area contributed by atoms with E-state index in [2.05, 4.69) is 20.2 Å². The quantitative estimate of drug-likeness (QED) is 0.486. The number of carboxylic acid groups (broad SMARTS) is 2. The van der Waals surface area contributed by atoms with Crippen molar-refractivity contribution in [2.24, 2.45) is 0 Å². The van der Waals surface area contributed by atoms with E-state index in [-0.39, 0.29) is 18.7 Å². The number of imidazole rings is 1.